The molecule has 4 heteroatoms. The van der Waals surface area contributed by atoms with Crippen molar-refractivity contribution in [2.45, 2.75) is 45.7 Å². The summed E-state index contributed by atoms with van der Waals surface area (Å²) in [4.78, 5) is 5.09. The molecule has 2 aliphatic heterocycles. The van der Waals surface area contributed by atoms with E-state index in [1.807, 2.05) is 6.07 Å². The predicted octanol–water partition coefficient (Wildman–Crippen LogP) is 4.21. The van der Waals surface area contributed by atoms with Gasteiger partial charge in [-0.25, -0.2) is 4.39 Å². The summed E-state index contributed by atoms with van der Waals surface area (Å²) >= 11 is 3.29. The van der Waals surface area contributed by atoms with Crippen molar-refractivity contribution in [3.8, 4) is 0 Å². The molecular formula is C17H24BrFN2. The van der Waals surface area contributed by atoms with Gasteiger partial charge in [0, 0.05) is 30.9 Å². The molecule has 2 atom stereocenters. The molecule has 2 saturated heterocycles. The number of fused-ring (bicyclic) bond motifs is 1. The molecule has 0 saturated carbocycles. The quantitative estimate of drug-likeness (QED) is 0.784. The first kappa shape index (κ1) is 15.3. The highest BCUT2D eigenvalue weighted by molar-refractivity contribution is 9.10. The van der Waals surface area contributed by atoms with Gasteiger partial charge >= 0.3 is 0 Å². The SMILES string of the molecule is Cc1cc(Br)c(F)cc1N1CC2CCCN2CC1C(C)C. The van der Waals surface area contributed by atoms with Gasteiger partial charge in [0.1, 0.15) is 5.82 Å². The van der Waals surface area contributed by atoms with E-state index in [0.29, 0.717) is 22.5 Å². The standard InChI is InChI=1S/C17H24BrFN2/c1-11(2)17-10-20-6-4-5-13(20)9-21(17)16-8-15(19)14(18)7-12(16)3/h7-8,11,13,17H,4-6,9-10H2,1-3H3. The summed E-state index contributed by atoms with van der Waals surface area (Å²) in [7, 11) is 0. The molecule has 0 aliphatic carbocycles. The first-order valence-corrected chi connectivity index (χ1v) is 8.73. The molecule has 2 aliphatic rings. The van der Waals surface area contributed by atoms with Crippen LogP contribution < -0.4 is 4.90 Å². The fraction of sp³-hybridized carbons (Fsp3) is 0.647. The summed E-state index contributed by atoms with van der Waals surface area (Å²) in [5.74, 6) is 0.407. The Bertz CT molecular complexity index is 532. The first-order valence-electron chi connectivity index (χ1n) is 7.93. The van der Waals surface area contributed by atoms with E-state index >= 15 is 0 Å². The van der Waals surface area contributed by atoms with Crippen LogP contribution in [0.2, 0.25) is 0 Å². The predicted molar refractivity (Wildman–Crippen MR) is 89.4 cm³/mol. The van der Waals surface area contributed by atoms with Crippen molar-refractivity contribution in [2.75, 3.05) is 24.5 Å². The van der Waals surface area contributed by atoms with E-state index in [2.05, 4.69) is 46.5 Å². The smallest absolute Gasteiger partial charge is 0.139 e. The van der Waals surface area contributed by atoms with Gasteiger partial charge in [-0.1, -0.05) is 13.8 Å². The minimum atomic E-state index is -0.160. The molecule has 3 rings (SSSR count). The number of anilines is 1. The fourth-order valence-electron chi connectivity index (χ4n) is 3.84. The molecule has 1 aromatic carbocycles. The van der Waals surface area contributed by atoms with Crippen molar-refractivity contribution in [1.29, 1.82) is 0 Å². The Morgan fingerprint density at radius 1 is 1.29 bits per heavy atom. The Kier molecular flexibility index (Phi) is 4.28. The molecule has 2 fully saturated rings. The largest absolute Gasteiger partial charge is 0.365 e. The number of aryl methyl sites for hydroxylation is 1. The average Bonchev–Trinajstić information content (AvgIpc) is 2.88. The topological polar surface area (TPSA) is 6.48 Å². The Labute approximate surface area is 135 Å². The van der Waals surface area contributed by atoms with Crippen molar-refractivity contribution >= 4 is 21.6 Å². The van der Waals surface area contributed by atoms with Crippen LogP contribution in [-0.4, -0.2) is 36.6 Å². The van der Waals surface area contributed by atoms with Crippen molar-refractivity contribution in [2.24, 2.45) is 5.92 Å². The zero-order valence-electron chi connectivity index (χ0n) is 13.1. The van der Waals surface area contributed by atoms with E-state index in [4.69, 9.17) is 0 Å². The molecule has 0 spiro atoms. The molecule has 1 aromatic rings. The minimum Gasteiger partial charge on any atom is -0.365 e. The van der Waals surface area contributed by atoms with Gasteiger partial charge in [0.2, 0.25) is 0 Å². The lowest BCUT2D eigenvalue weighted by atomic mass is 9.95. The van der Waals surface area contributed by atoms with Gasteiger partial charge in [-0.2, -0.15) is 0 Å². The maximum atomic E-state index is 14.0. The van der Waals surface area contributed by atoms with E-state index in [1.54, 1.807) is 6.07 Å². The molecule has 2 heterocycles. The average molecular weight is 355 g/mol. The van der Waals surface area contributed by atoms with E-state index in [-0.39, 0.29) is 5.82 Å². The second kappa shape index (κ2) is 5.88. The molecular weight excluding hydrogens is 331 g/mol. The van der Waals surface area contributed by atoms with Crippen molar-refractivity contribution in [3.05, 3.63) is 28.0 Å². The Balaban J connectivity index is 1.96. The lowest BCUT2D eigenvalue weighted by Crippen LogP contribution is -2.58. The molecule has 0 bridgehead atoms. The maximum Gasteiger partial charge on any atom is 0.139 e. The van der Waals surface area contributed by atoms with Crippen molar-refractivity contribution in [3.63, 3.8) is 0 Å². The van der Waals surface area contributed by atoms with Gasteiger partial charge in [0.15, 0.2) is 0 Å². The van der Waals surface area contributed by atoms with Crippen LogP contribution in [0.25, 0.3) is 0 Å². The van der Waals surface area contributed by atoms with Crippen LogP contribution in [0.1, 0.15) is 32.3 Å². The number of benzene rings is 1. The Morgan fingerprint density at radius 2 is 2.05 bits per heavy atom. The number of rotatable bonds is 2. The molecule has 0 aromatic heterocycles. The van der Waals surface area contributed by atoms with Crippen LogP contribution in [0.5, 0.6) is 0 Å². The Hall–Kier alpha value is -0.610. The van der Waals surface area contributed by atoms with Crippen molar-refractivity contribution < 1.29 is 4.39 Å². The summed E-state index contributed by atoms with van der Waals surface area (Å²) < 4.78 is 14.6. The molecule has 0 N–H and O–H groups in total. The molecule has 2 nitrogen and oxygen atoms in total. The van der Waals surface area contributed by atoms with Gasteiger partial charge in [0.05, 0.1) is 4.47 Å². The van der Waals surface area contributed by atoms with Crippen LogP contribution in [-0.2, 0) is 0 Å². The monoisotopic (exact) mass is 354 g/mol. The third kappa shape index (κ3) is 2.85. The van der Waals surface area contributed by atoms with Crippen LogP contribution >= 0.6 is 15.9 Å². The Morgan fingerprint density at radius 3 is 2.76 bits per heavy atom. The summed E-state index contributed by atoms with van der Waals surface area (Å²) in [6, 6.07) is 4.73. The van der Waals surface area contributed by atoms with Gasteiger partial charge in [-0.05, 0) is 65.9 Å². The number of halogens is 2. The molecule has 0 amide bonds. The number of hydrogen-bond acceptors (Lipinski definition) is 2. The number of hydrogen-bond donors (Lipinski definition) is 0. The maximum absolute atomic E-state index is 14.0. The number of piperazine rings is 1. The molecule has 116 valence electrons. The third-order valence-corrected chi connectivity index (χ3v) is 5.65. The highest BCUT2D eigenvalue weighted by atomic mass is 79.9. The van der Waals surface area contributed by atoms with E-state index in [1.165, 1.54) is 19.4 Å². The third-order valence-electron chi connectivity index (χ3n) is 5.05. The molecule has 21 heavy (non-hydrogen) atoms. The van der Waals surface area contributed by atoms with Gasteiger partial charge in [-0.15, -0.1) is 0 Å². The lowest BCUT2D eigenvalue weighted by Gasteiger charge is -2.47. The van der Waals surface area contributed by atoms with Gasteiger partial charge in [-0.3, -0.25) is 4.90 Å². The summed E-state index contributed by atoms with van der Waals surface area (Å²) in [5, 5.41) is 0. The first-order chi connectivity index (χ1) is 9.97. The second-order valence-corrected chi connectivity index (χ2v) is 7.66. The van der Waals surface area contributed by atoms with Gasteiger partial charge in [0.25, 0.3) is 0 Å². The lowest BCUT2D eigenvalue weighted by molar-refractivity contribution is 0.176. The van der Waals surface area contributed by atoms with Gasteiger partial charge < -0.3 is 4.90 Å². The summed E-state index contributed by atoms with van der Waals surface area (Å²) in [6.45, 7) is 10.0. The number of nitrogens with zero attached hydrogens (tertiary/aromatic N) is 2. The highest BCUT2D eigenvalue weighted by Gasteiger charge is 2.38. The minimum absolute atomic E-state index is 0.160. The van der Waals surface area contributed by atoms with Crippen molar-refractivity contribution in [1.82, 2.24) is 4.90 Å². The summed E-state index contributed by atoms with van der Waals surface area (Å²) in [6.07, 6.45) is 2.58. The molecule has 2 unspecified atom stereocenters. The second-order valence-electron chi connectivity index (χ2n) is 6.81. The van der Waals surface area contributed by atoms with Crippen LogP contribution in [0, 0.1) is 18.7 Å². The van der Waals surface area contributed by atoms with Crippen LogP contribution in [0.15, 0.2) is 16.6 Å². The van der Waals surface area contributed by atoms with E-state index < -0.39 is 0 Å². The molecule has 0 radical (unpaired) electrons. The highest BCUT2D eigenvalue weighted by Crippen LogP contribution is 2.34. The zero-order chi connectivity index (χ0) is 15.1. The summed E-state index contributed by atoms with van der Waals surface area (Å²) in [5.41, 5.74) is 2.22. The van der Waals surface area contributed by atoms with E-state index in [9.17, 15) is 4.39 Å². The van der Waals surface area contributed by atoms with E-state index in [0.717, 1.165) is 24.3 Å². The zero-order valence-corrected chi connectivity index (χ0v) is 14.7. The fourth-order valence-corrected chi connectivity index (χ4v) is 4.29. The normalized spacial score (nSPS) is 26.5. The van der Waals surface area contributed by atoms with Crippen LogP contribution in [0.3, 0.4) is 0 Å². The van der Waals surface area contributed by atoms with Crippen LogP contribution in [0.4, 0.5) is 10.1 Å².